The molecule has 0 radical (unpaired) electrons. The summed E-state index contributed by atoms with van der Waals surface area (Å²) in [5, 5.41) is 19.4. The molecule has 0 fully saturated rings. The zero-order valence-corrected chi connectivity index (χ0v) is 11.7. The van der Waals surface area contributed by atoms with Crippen molar-refractivity contribution >= 4 is 11.0 Å². The van der Waals surface area contributed by atoms with Crippen LogP contribution in [0.1, 0.15) is 19.9 Å². The molecule has 0 atom stereocenters. The predicted octanol–water partition coefficient (Wildman–Crippen LogP) is 3.83. The number of hydrogen-bond acceptors (Lipinski definition) is 3. The van der Waals surface area contributed by atoms with E-state index in [1.807, 2.05) is 18.4 Å². The molecule has 5 heteroatoms. The van der Waals surface area contributed by atoms with Gasteiger partial charge in [0.15, 0.2) is 5.82 Å². The lowest BCUT2D eigenvalue weighted by Gasteiger charge is -2.14. The summed E-state index contributed by atoms with van der Waals surface area (Å²) < 4.78 is 15.8. The summed E-state index contributed by atoms with van der Waals surface area (Å²) in [5.74, 6) is -0.0451. The van der Waals surface area contributed by atoms with E-state index in [9.17, 15) is 14.6 Å². The molecule has 1 aromatic heterocycles. The molecule has 3 rings (SSSR count). The molecule has 0 saturated heterocycles. The molecule has 0 spiro atoms. The van der Waals surface area contributed by atoms with Gasteiger partial charge in [-0.15, -0.1) is 0 Å². The van der Waals surface area contributed by atoms with Crippen LogP contribution in [0, 0.1) is 5.82 Å². The minimum atomic E-state index is -0.397. The zero-order valence-electron chi connectivity index (χ0n) is 11.7. The summed E-state index contributed by atoms with van der Waals surface area (Å²) in [4.78, 5) is 4.34. The molecule has 2 aromatic carbocycles. The highest BCUT2D eigenvalue weighted by molar-refractivity contribution is 5.82. The van der Waals surface area contributed by atoms with Crippen LogP contribution in [0.5, 0.6) is 11.5 Å². The van der Waals surface area contributed by atoms with Crippen LogP contribution in [-0.4, -0.2) is 19.8 Å². The third-order valence-electron chi connectivity index (χ3n) is 3.41. The Bertz CT molecular complexity index is 825. The fourth-order valence-corrected chi connectivity index (χ4v) is 2.50. The highest BCUT2D eigenvalue weighted by Gasteiger charge is 2.19. The molecule has 0 aliphatic heterocycles. The Kier molecular flexibility index (Phi) is 3.05. The average molecular weight is 286 g/mol. The number of para-hydroxylation sites is 1. The predicted molar refractivity (Wildman–Crippen MR) is 78.8 cm³/mol. The fourth-order valence-electron chi connectivity index (χ4n) is 2.50. The van der Waals surface area contributed by atoms with Crippen LogP contribution in [0.4, 0.5) is 4.39 Å². The minimum Gasteiger partial charge on any atom is -0.508 e. The summed E-state index contributed by atoms with van der Waals surface area (Å²) in [7, 11) is 0. The fraction of sp³-hybridized carbons (Fsp3) is 0.188. The number of rotatable bonds is 2. The van der Waals surface area contributed by atoms with E-state index in [0.717, 1.165) is 0 Å². The van der Waals surface area contributed by atoms with Crippen LogP contribution in [0.15, 0.2) is 36.4 Å². The maximum atomic E-state index is 13.9. The van der Waals surface area contributed by atoms with Crippen LogP contribution >= 0.6 is 0 Å². The quantitative estimate of drug-likeness (QED) is 0.752. The lowest BCUT2D eigenvalue weighted by molar-refractivity contribution is 0.451. The molecule has 21 heavy (non-hydrogen) atoms. The first-order valence-electron chi connectivity index (χ1n) is 6.68. The smallest absolute Gasteiger partial charge is 0.151 e. The first-order chi connectivity index (χ1) is 9.99. The van der Waals surface area contributed by atoms with Gasteiger partial charge in [0.2, 0.25) is 0 Å². The van der Waals surface area contributed by atoms with Crippen molar-refractivity contribution < 1.29 is 14.6 Å². The lowest BCUT2D eigenvalue weighted by atomic mass is 10.1. The minimum absolute atomic E-state index is 0.0327. The number of nitrogens with zero attached hydrogens (tertiary/aromatic N) is 2. The highest BCUT2D eigenvalue weighted by Crippen LogP contribution is 2.35. The number of phenols is 2. The molecule has 0 bridgehead atoms. The molecule has 0 aliphatic carbocycles. The third kappa shape index (κ3) is 2.11. The normalized spacial score (nSPS) is 11.4. The summed E-state index contributed by atoms with van der Waals surface area (Å²) in [6.07, 6.45) is 0. The number of imidazole rings is 1. The molecule has 2 N–H and O–H groups in total. The van der Waals surface area contributed by atoms with Crippen molar-refractivity contribution in [1.29, 1.82) is 0 Å². The monoisotopic (exact) mass is 286 g/mol. The van der Waals surface area contributed by atoms with Gasteiger partial charge in [-0.05, 0) is 38.1 Å². The second-order valence-corrected chi connectivity index (χ2v) is 5.21. The molecular formula is C16H15FN2O2. The Balaban J connectivity index is 2.36. The summed E-state index contributed by atoms with van der Waals surface area (Å²) in [6.45, 7) is 3.93. The molecule has 3 aromatic rings. The van der Waals surface area contributed by atoms with E-state index in [1.165, 1.54) is 18.2 Å². The molecular weight excluding hydrogens is 271 g/mol. The van der Waals surface area contributed by atoms with Crippen molar-refractivity contribution in [3.8, 4) is 22.9 Å². The van der Waals surface area contributed by atoms with Gasteiger partial charge in [0, 0.05) is 12.1 Å². The van der Waals surface area contributed by atoms with Crippen LogP contribution < -0.4 is 0 Å². The van der Waals surface area contributed by atoms with E-state index >= 15 is 0 Å². The van der Waals surface area contributed by atoms with Crippen molar-refractivity contribution in [3.63, 3.8) is 0 Å². The standard InChI is InChI=1S/C16H15FN2O2/c1-9(2)19-13-5-3-4-12(17)15(13)18-16(19)11-7-6-10(20)8-14(11)21/h3-9,20-21H,1-2H3. The molecule has 4 nitrogen and oxygen atoms in total. The van der Waals surface area contributed by atoms with Gasteiger partial charge in [-0.3, -0.25) is 0 Å². The van der Waals surface area contributed by atoms with Gasteiger partial charge in [-0.2, -0.15) is 0 Å². The number of phenolic OH excluding ortho intramolecular Hbond substituents is 2. The van der Waals surface area contributed by atoms with Crippen molar-refractivity contribution in [1.82, 2.24) is 9.55 Å². The Morgan fingerprint density at radius 1 is 1.14 bits per heavy atom. The van der Waals surface area contributed by atoms with Gasteiger partial charge in [-0.1, -0.05) is 6.07 Å². The van der Waals surface area contributed by atoms with E-state index in [2.05, 4.69) is 4.98 Å². The van der Waals surface area contributed by atoms with E-state index in [-0.39, 0.29) is 23.1 Å². The van der Waals surface area contributed by atoms with Crippen molar-refractivity contribution in [2.45, 2.75) is 19.9 Å². The van der Waals surface area contributed by atoms with Crippen molar-refractivity contribution in [2.24, 2.45) is 0 Å². The number of fused-ring (bicyclic) bond motifs is 1. The Hall–Kier alpha value is -2.56. The van der Waals surface area contributed by atoms with Gasteiger partial charge in [0.05, 0.1) is 11.1 Å². The van der Waals surface area contributed by atoms with E-state index in [0.29, 0.717) is 16.9 Å². The molecule has 0 amide bonds. The second kappa shape index (κ2) is 4.77. The van der Waals surface area contributed by atoms with Crippen molar-refractivity contribution in [3.05, 3.63) is 42.2 Å². The Morgan fingerprint density at radius 3 is 2.57 bits per heavy atom. The van der Waals surface area contributed by atoms with Crippen LogP contribution in [0.2, 0.25) is 0 Å². The molecule has 1 heterocycles. The van der Waals surface area contributed by atoms with E-state index < -0.39 is 5.82 Å². The molecule has 0 unspecified atom stereocenters. The topological polar surface area (TPSA) is 58.3 Å². The second-order valence-electron chi connectivity index (χ2n) is 5.21. The Morgan fingerprint density at radius 2 is 1.90 bits per heavy atom. The molecule has 0 aliphatic rings. The van der Waals surface area contributed by atoms with Gasteiger partial charge in [-0.25, -0.2) is 9.37 Å². The number of aromatic nitrogens is 2. The van der Waals surface area contributed by atoms with Crippen LogP contribution in [0.3, 0.4) is 0 Å². The summed E-state index contributed by atoms with van der Waals surface area (Å²) in [5.41, 5.74) is 1.40. The maximum Gasteiger partial charge on any atom is 0.151 e. The van der Waals surface area contributed by atoms with E-state index in [1.54, 1.807) is 18.2 Å². The van der Waals surface area contributed by atoms with Crippen LogP contribution in [-0.2, 0) is 0 Å². The summed E-state index contributed by atoms with van der Waals surface area (Å²) in [6, 6.07) is 9.12. The van der Waals surface area contributed by atoms with E-state index in [4.69, 9.17) is 0 Å². The molecule has 0 saturated carbocycles. The zero-order chi connectivity index (χ0) is 15.1. The van der Waals surface area contributed by atoms with Crippen molar-refractivity contribution in [2.75, 3.05) is 0 Å². The van der Waals surface area contributed by atoms with Gasteiger partial charge in [0.1, 0.15) is 22.8 Å². The number of halogens is 1. The number of hydrogen-bond donors (Lipinski definition) is 2. The largest absolute Gasteiger partial charge is 0.508 e. The SMILES string of the molecule is CC(C)n1c(-c2ccc(O)cc2O)nc2c(F)cccc21. The first kappa shape index (κ1) is 13.4. The number of benzene rings is 2. The van der Waals surface area contributed by atoms with Crippen LogP contribution in [0.25, 0.3) is 22.4 Å². The third-order valence-corrected chi connectivity index (χ3v) is 3.41. The van der Waals surface area contributed by atoms with Gasteiger partial charge >= 0.3 is 0 Å². The lowest BCUT2D eigenvalue weighted by Crippen LogP contribution is -2.03. The highest BCUT2D eigenvalue weighted by atomic mass is 19.1. The number of aromatic hydroxyl groups is 2. The van der Waals surface area contributed by atoms with Gasteiger partial charge in [0.25, 0.3) is 0 Å². The molecule has 108 valence electrons. The Labute approximate surface area is 121 Å². The summed E-state index contributed by atoms with van der Waals surface area (Å²) >= 11 is 0. The maximum absolute atomic E-state index is 13.9. The first-order valence-corrected chi connectivity index (χ1v) is 6.68. The van der Waals surface area contributed by atoms with Gasteiger partial charge < -0.3 is 14.8 Å². The average Bonchev–Trinajstić information content (AvgIpc) is 2.79.